The normalized spacial score (nSPS) is 16.9. The number of esters is 1. The van der Waals surface area contributed by atoms with E-state index in [0.717, 1.165) is 50.2 Å². The van der Waals surface area contributed by atoms with Crippen molar-refractivity contribution < 1.29 is 36.6 Å². The molecule has 2 aliphatic rings. The summed E-state index contributed by atoms with van der Waals surface area (Å²) in [5.74, 6) is -1.25. The van der Waals surface area contributed by atoms with Crippen LogP contribution in [0.2, 0.25) is 0 Å². The molecule has 7 nitrogen and oxygen atoms in total. The third kappa shape index (κ3) is 7.88. The summed E-state index contributed by atoms with van der Waals surface area (Å²) in [5, 5.41) is 3.01. The summed E-state index contributed by atoms with van der Waals surface area (Å²) in [6.07, 6.45) is -1.92. The molecule has 5 rings (SSSR count). The molecular weight excluding hydrogens is 578 g/mol. The molecule has 1 amide bonds. The zero-order valence-corrected chi connectivity index (χ0v) is 24.4. The molecular formula is C33H35F4N3O4. The Morgan fingerprint density at radius 1 is 0.864 bits per heavy atom. The highest BCUT2D eigenvalue weighted by molar-refractivity contribution is 5.94. The van der Waals surface area contributed by atoms with Crippen LogP contribution >= 0.6 is 0 Å². The number of carbonyl (C=O) groups excluding carboxylic acids is 2. The van der Waals surface area contributed by atoms with E-state index in [1.165, 1.54) is 31.4 Å². The third-order valence-electron chi connectivity index (χ3n) is 8.19. The molecule has 0 saturated carbocycles. The fraction of sp³-hybridized carbons (Fsp3) is 0.394. The van der Waals surface area contributed by atoms with E-state index in [4.69, 9.17) is 9.47 Å². The number of likely N-dealkylation sites (tertiary alicyclic amines) is 1. The van der Waals surface area contributed by atoms with Crippen LogP contribution in [-0.2, 0) is 17.5 Å². The standard InChI is InChI=1S/C33H35F4N3O4/c1-43-32(42)23-4-2-22(3-5-23)21-39-16-12-26(13-17-39)38-31(41)24-6-11-30(29(34)20-24)44-28-14-18-40(19-15-28)27-9-7-25(8-10-27)33(35,36)37/h2-11,20,26,28H,12-19,21H2,1H3,(H,38,41). The molecule has 11 heteroatoms. The summed E-state index contributed by atoms with van der Waals surface area (Å²) >= 11 is 0. The minimum atomic E-state index is -4.37. The molecule has 234 valence electrons. The van der Waals surface area contributed by atoms with E-state index in [-0.39, 0.29) is 35.3 Å². The molecule has 1 N–H and O–H groups in total. The maximum absolute atomic E-state index is 14.9. The average Bonchev–Trinajstić information content (AvgIpc) is 3.03. The number of carbonyl (C=O) groups is 2. The van der Waals surface area contributed by atoms with E-state index in [1.54, 1.807) is 18.2 Å². The minimum Gasteiger partial charge on any atom is -0.487 e. The second-order valence-electron chi connectivity index (χ2n) is 11.2. The van der Waals surface area contributed by atoms with Gasteiger partial charge in [0.2, 0.25) is 0 Å². The van der Waals surface area contributed by atoms with Crippen molar-refractivity contribution in [2.75, 3.05) is 38.2 Å². The number of hydrogen-bond donors (Lipinski definition) is 1. The molecule has 0 unspecified atom stereocenters. The molecule has 3 aromatic rings. The highest BCUT2D eigenvalue weighted by Gasteiger charge is 2.30. The van der Waals surface area contributed by atoms with Gasteiger partial charge in [0.1, 0.15) is 6.10 Å². The first-order valence-corrected chi connectivity index (χ1v) is 14.7. The Balaban J connectivity index is 1.06. The highest BCUT2D eigenvalue weighted by Crippen LogP contribution is 2.32. The lowest BCUT2D eigenvalue weighted by atomic mass is 10.0. The maximum Gasteiger partial charge on any atom is 0.416 e. The summed E-state index contributed by atoms with van der Waals surface area (Å²) in [7, 11) is 1.35. The van der Waals surface area contributed by atoms with E-state index in [0.29, 0.717) is 37.2 Å². The number of ether oxygens (including phenoxy) is 2. The van der Waals surface area contributed by atoms with Gasteiger partial charge in [-0.25, -0.2) is 9.18 Å². The fourth-order valence-corrected chi connectivity index (χ4v) is 5.64. The predicted octanol–water partition coefficient (Wildman–Crippen LogP) is 6.07. The van der Waals surface area contributed by atoms with Gasteiger partial charge in [-0.2, -0.15) is 13.2 Å². The SMILES string of the molecule is COC(=O)c1ccc(CN2CCC(NC(=O)c3ccc(OC4CCN(c5ccc(C(F)(F)F)cc5)CC4)c(F)c3)CC2)cc1. The van der Waals surface area contributed by atoms with Crippen molar-refractivity contribution in [2.24, 2.45) is 0 Å². The molecule has 44 heavy (non-hydrogen) atoms. The number of nitrogens with one attached hydrogen (secondary N) is 1. The van der Waals surface area contributed by atoms with Crippen LogP contribution in [0.1, 0.15) is 57.5 Å². The molecule has 3 aromatic carbocycles. The van der Waals surface area contributed by atoms with Crippen molar-refractivity contribution in [1.82, 2.24) is 10.2 Å². The Morgan fingerprint density at radius 3 is 2.09 bits per heavy atom. The summed E-state index contributed by atoms with van der Waals surface area (Å²) in [6, 6.07) is 16.6. The van der Waals surface area contributed by atoms with Crippen LogP contribution < -0.4 is 15.0 Å². The molecule has 0 aliphatic carbocycles. The first-order chi connectivity index (χ1) is 21.1. The number of piperidine rings is 2. The molecule has 0 aromatic heterocycles. The Hall–Kier alpha value is -4.12. The molecule has 0 bridgehead atoms. The van der Waals surface area contributed by atoms with Crippen LogP contribution in [0, 0.1) is 5.82 Å². The number of alkyl halides is 3. The number of hydrogen-bond acceptors (Lipinski definition) is 6. The van der Waals surface area contributed by atoms with Crippen molar-refractivity contribution >= 4 is 17.6 Å². The van der Waals surface area contributed by atoms with Crippen molar-refractivity contribution in [1.29, 1.82) is 0 Å². The Labute approximate surface area is 253 Å². The van der Waals surface area contributed by atoms with Gasteiger partial charge in [-0.05, 0) is 73.0 Å². The van der Waals surface area contributed by atoms with E-state index >= 15 is 0 Å². The zero-order valence-electron chi connectivity index (χ0n) is 24.4. The van der Waals surface area contributed by atoms with E-state index in [2.05, 4.69) is 10.2 Å². The second kappa shape index (κ2) is 13.7. The second-order valence-corrected chi connectivity index (χ2v) is 11.2. The van der Waals surface area contributed by atoms with Gasteiger partial charge in [0, 0.05) is 62.9 Å². The van der Waals surface area contributed by atoms with Gasteiger partial charge >= 0.3 is 12.1 Å². The summed E-state index contributed by atoms with van der Waals surface area (Å²) < 4.78 is 64.1. The number of benzene rings is 3. The first kappa shape index (κ1) is 31.3. The Kier molecular flexibility index (Phi) is 9.73. The van der Waals surface area contributed by atoms with Gasteiger partial charge in [-0.3, -0.25) is 9.69 Å². The molecule has 2 saturated heterocycles. The van der Waals surface area contributed by atoms with Gasteiger partial charge in [0.05, 0.1) is 18.2 Å². The van der Waals surface area contributed by atoms with Crippen molar-refractivity contribution in [2.45, 2.75) is 50.6 Å². The lowest BCUT2D eigenvalue weighted by Crippen LogP contribution is -2.44. The number of rotatable bonds is 8. The summed E-state index contributed by atoms with van der Waals surface area (Å²) in [6.45, 7) is 3.46. The quantitative estimate of drug-likeness (QED) is 0.246. The topological polar surface area (TPSA) is 71.1 Å². The van der Waals surface area contributed by atoms with Gasteiger partial charge in [-0.1, -0.05) is 12.1 Å². The largest absolute Gasteiger partial charge is 0.487 e. The Morgan fingerprint density at radius 2 is 1.50 bits per heavy atom. The smallest absolute Gasteiger partial charge is 0.416 e. The maximum atomic E-state index is 14.9. The lowest BCUT2D eigenvalue weighted by molar-refractivity contribution is -0.137. The number of methoxy groups -OCH3 is 1. The van der Waals surface area contributed by atoms with Gasteiger partial charge in [-0.15, -0.1) is 0 Å². The molecule has 2 heterocycles. The van der Waals surface area contributed by atoms with Crippen LogP contribution in [0.25, 0.3) is 0 Å². The monoisotopic (exact) mass is 613 g/mol. The molecule has 2 fully saturated rings. The van der Waals surface area contributed by atoms with Crippen molar-refractivity contribution in [3.05, 3.63) is 94.8 Å². The van der Waals surface area contributed by atoms with Gasteiger partial charge in [0.25, 0.3) is 5.91 Å². The summed E-state index contributed by atoms with van der Waals surface area (Å²) in [4.78, 5) is 28.7. The van der Waals surface area contributed by atoms with Crippen LogP contribution in [0.15, 0.2) is 66.7 Å². The van der Waals surface area contributed by atoms with Crippen LogP contribution in [-0.4, -0.2) is 62.2 Å². The van der Waals surface area contributed by atoms with E-state index in [1.807, 2.05) is 17.0 Å². The van der Waals surface area contributed by atoms with Gasteiger partial charge in [0.15, 0.2) is 11.6 Å². The third-order valence-corrected chi connectivity index (χ3v) is 8.19. The van der Waals surface area contributed by atoms with Crippen molar-refractivity contribution in [3.63, 3.8) is 0 Å². The van der Waals surface area contributed by atoms with Crippen LogP contribution in [0.4, 0.5) is 23.2 Å². The first-order valence-electron chi connectivity index (χ1n) is 14.7. The predicted molar refractivity (Wildman–Crippen MR) is 157 cm³/mol. The number of anilines is 1. The average molecular weight is 614 g/mol. The lowest BCUT2D eigenvalue weighted by Gasteiger charge is -2.34. The fourth-order valence-electron chi connectivity index (χ4n) is 5.64. The van der Waals surface area contributed by atoms with Crippen LogP contribution in [0.5, 0.6) is 5.75 Å². The zero-order chi connectivity index (χ0) is 31.3. The molecule has 0 spiro atoms. The number of amides is 1. The van der Waals surface area contributed by atoms with E-state index in [9.17, 15) is 27.2 Å². The molecule has 0 radical (unpaired) electrons. The minimum absolute atomic E-state index is 0.0192. The van der Waals surface area contributed by atoms with E-state index < -0.39 is 17.6 Å². The molecule has 0 atom stereocenters. The Bertz CT molecular complexity index is 1430. The highest BCUT2D eigenvalue weighted by atomic mass is 19.4. The summed E-state index contributed by atoms with van der Waals surface area (Å²) in [5.41, 5.74) is 1.84. The van der Waals surface area contributed by atoms with Crippen LogP contribution in [0.3, 0.4) is 0 Å². The van der Waals surface area contributed by atoms with Crippen molar-refractivity contribution in [3.8, 4) is 5.75 Å². The number of halogens is 4. The van der Waals surface area contributed by atoms with Gasteiger partial charge < -0.3 is 19.7 Å². The number of nitrogens with zero attached hydrogens (tertiary/aromatic N) is 2. The molecule has 2 aliphatic heterocycles.